The molecule has 32 heavy (non-hydrogen) atoms. The van der Waals surface area contributed by atoms with Crippen molar-refractivity contribution in [3.8, 4) is 22.5 Å². The van der Waals surface area contributed by atoms with Gasteiger partial charge in [-0.05, 0) is 59.5 Å². The molecule has 1 aromatic heterocycles. The first kappa shape index (κ1) is 22.1. The standard InChI is InChI=1S/C28H29F2N2/c1-27(2,3)22-17-20(30)15-16-21(22)26-25(18-11-13-19(29)14-12-18)31-23-9-7-8-10-24(23)32(26)28(4,5)6/h7-17H,1-6H3/q+1. The Kier molecular flexibility index (Phi) is 5.36. The van der Waals surface area contributed by atoms with Gasteiger partial charge in [0, 0.05) is 32.4 Å². The van der Waals surface area contributed by atoms with Crippen LogP contribution in [0.5, 0.6) is 0 Å². The van der Waals surface area contributed by atoms with Gasteiger partial charge in [0.25, 0.3) is 0 Å². The zero-order valence-electron chi connectivity index (χ0n) is 19.5. The molecule has 0 N–H and O–H groups in total. The average molecular weight is 432 g/mol. The van der Waals surface area contributed by atoms with E-state index in [1.807, 2.05) is 24.3 Å². The molecule has 3 aromatic carbocycles. The van der Waals surface area contributed by atoms with Crippen LogP contribution in [0.1, 0.15) is 47.1 Å². The van der Waals surface area contributed by atoms with Gasteiger partial charge in [-0.3, -0.25) is 0 Å². The van der Waals surface area contributed by atoms with E-state index in [1.165, 1.54) is 18.2 Å². The van der Waals surface area contributed by atoms with Gasteiger partial charge < -0.3 is 0 Å². The molecule has 164 valence electrons. The van der Waals surface area contributed by atoms with Gasteiger partial charge in [0.15, 0.2) is 5.54 Å². The predicted molar refractivity (Wildman–Crippen MR) is 126 cm³/mol. The molecular weight excluding hydrogens is 402 g/mol. The molecule has 0 spiro atoms. The maximum absolute atomic E-state index is 14.4. The van der Waals surface area contributed by atoms with Gasteiger partial charge in [-0.2, -0.15) is 4.57 Å². The summed E-state index contributed by atoms with van der Waals surface area (Å²) in [4.78, 5) is 5.03. The molecule has 0 aliphatic carbocycles. The molecule has 0 atom stereocenters. The smallest absolute Gasteiger partial charge is 0.234 e. The van der Waals surface area contributed by atoms with E-state index in [-0.39, 0.29) is 22.6 Å². The maximum Gasteiger partial charge on any atom is 0.240 e. The van der Waals surface area contributed by atoms with E-state index in [1.54, 1.807) is 18.2 Å². The lowest BCUT2D eigenvalue weighted by Gasteiger charge is -2.26. The van der Waals surface area contributed by atoms with Crippen LogP contribution in [0.4, 0.5) is 8.78 Å². The van der Waals surface area contributed by atoms with Crippen molar-refractivity contribution in [3.05, 3.63) is 83.9 Å². The topological polar surface area (TPSA) is 16.8 Å². The van der Waals surface area contributed by atoms with Crippen LogP contribution in [0.2, 0.25) is 0 Å². The normalized spacial score (nSPS) is 12.4. The molecule has 0 saturated heterocycles. The summed E-state index contributed by atoms with van der Waals surface area (Å²) in [6, 6.07) is 19.4. The Balaban J connectivity index is 2.23. The molecule has 4 rings (SSSR count). The van der Waals surface area contributed by atoms with Crippen LogP contribution in [0.15, 0.2) is 66.7 Å². The molecule has 0 aliphatic rings. The van der Waals surface area contributed by atoms with Gasteiger partial charge in [0.05, 0.1) is 5.56 Å². The fourth-order valence-electron chi connectivity index (χ4n) is 4.24. The van der Waals surface area contributed by atoms with Crippen molar-refractivity contribution in [1.82, 2.24) is 4.98 Å². The molecule has 0 unspecified atom stereocenters. The first-order chi connectivity index (χ1) is 15.0. The summed E-state index contributed by atoms with van der Waals surface area (Å²) in [5, 5.41) is 0. The Hall–Kier alpha value is -3.14. The lowest BCUT2D eigenvalue weighted by atomic mass is 9.81. The Morgan fingerprint density at radius 3 is 2.00 bits per heavy atom. The Bertz CT molecular complexity index is 1290. The lowest BCUT2D eigenvalue weighted by molar-refractivity contribution is -0.720. The summed E-state index contributed by atoms with van der Waals surface area (Å²) in [7, 11) is 0. The second kappa shape index (κ2) is 7.77. The predicted octanol–water partition coefficient (Wildman–Crippen LogP) is 7.19. The van der Waals surface area contributed by atoms with Gasteiger partial charge in [0.2, 0.25) is 11.2 Å². The first-order valence-electron chi connectivity index (χ1n) is 10.9. The highest BCUT2D eigenvalue weighted by atomic mass is 19.1. The van der Waals surface area contributed by atoms with Crippen molar-refractivity contribution >= 4 is 11.0 Å². The van der Waals surface area contributed by atoms with Gasteiger partial charge in [-0.15, -0.1) is 0 Å². The summed E-state index contributed by atoms with van der Waals surface area (Å²) >= 11 is 0. The SMILES string of the molecule is CC(C)(C)c1cc(F)ccc1-c1c(-c2ccc(F)cc2)nc2ccccc2[n+]1C(C)(C)C. The molecule has 0 aliphatic heterocycles. The van der Waals surface area contributed by atoms with E-state index in [0.29, 0.717) is 0 Å². The first-order valence-corrected chi connectivity index (χ1v) is 10.9. The summed E-state index contributed by atoms with van der Waals surface area (Å²) in [5.74, 6) is -0.560. The number of aromatic nitrogens is 2. The van der Waals surface area contributed by atoms with Crippen LogP contribution < -0.4 is 4.57 Å². The molecule has 0 radical (unpaired) electrons. The Morgan fingerprint density at radius 2 is 1.38 bits per heavy atom. The highest BCUT2D eigenvalue weighted by Gasteiger charge is 2.36. The Labute approximate surface area is 188 Å². The highest BCUT2D eigenvalue weighted by molar-refractivity contribution is 5.83. The van der Waals surface area contributed by atoms with Crippen molar-refractivity contribution in [2.24, 2.45) is 0 Å². The van der Waals surface area contributed by atoms with Crippen molar-refractivity contribution in [2.75, 3.05) is 0 Å². The zero-order chi connectivity index (χ0) is 23.3. The fraction of sp³-hybridized carbons (Fsp3) is 0.286. The number of halogens is 2. The van der Waals surface area contributed by atoms with Crippen molar-refractivity contribution in [2.45, 2.75) is 52.5 Å². The molecule has 0 saturated carbocycles. The van der Waals surface area contributed by atoms with Crippen LogP contribution in [-0.2, 0) is 11.0 Å². The van der Waals surface area contributed by atoms with Crippen LogP contribution >= 0.6 is 0 Å². The van der Waals surface area contributed by atoms with E-state index in [0.717, 1.165) is 39.1 Å². The number of hydrogen-bond donors (Lipinski definition) is 0. The number of hydrogen-bond acceptors (Lipinski definition) is 1. The average Bonchev–Trinajstić information content (AvgIpc) is 2.71. The summed E-state index contributed by atoms with van der Waals surface area (Å²) < 4.78 is 30.4. The third kappa shape index (κ3) is 4.02. The number of benzene rings is 3. The second-order valence-corrected chi connectivity index (χ2v) is 10.3. The monoisotopic (exact) mass is 431 g/mol. The van der Waals surface area contributed by atoms with E-state index >= 15 is 0 Å². The van der Waals surface area contributed by atoms with Gasteiger partial charge in [0.1, 0.15) is 22.8 Å². The van der Waals surface area contributed by atoms with E-state index in [9.17, 15) is 8.78 Å². The molecular formula is C28H29F2N2+. The zero-order valence-corrected chi connectivity index (χ0v) is 19.5. The Morgan fingerprint density at radius 1 is 0.750 bits per heavy atom. The minimum atomic E-state index is -0.295. The number of fused-ring (bicyclic) bond motifs is 1. The largest absolute Gasteiger partial charge is 0.240 e. The number of para-hydroxylation sites is 2. The molecule has 0 fully saturated rings. The highest BCUT2D eigenvalue weighted by Crippen LogP contribution is 2.38. The third-order valence-corrected chi connectivity index (χ3v) is 5.64. The maximum atomic E-state index is 14.4. The third-order valence-electron chi connectivity index (χ3n) is 5.64. The quantitative estimate of drug-likeness (QED) is 0.307. The molecule has 4 heteroatoms. The lowest BCUT2D eigenvalue weighted by Crippen LogP contribution is -2.53. The van der Waals surface area contributed by atoms with Crippen molar-refractivity contribution in [3.63, 3.8) is 0 Å². The number of rotatable bonds is 2. The van der Waals surface area contributed by atoms with Crippen molar-refractivity contribution < 1.29 is 13.3 Å². The summed E-state index contributed by atoms with van der Waals surface area (Å²) in [5.41, 5.74) is 5.53. The summed E-state index contributed by atoms with van der Waals surface area (Å²) in [6.07, 6.45) is 0. The molecule has 4 aromatic rings. The molecule has 1 heterocycles. The van der Waals surface area contributed by atoms with Gasteiger partial charge in [-0.1, -0.05) is 32.9 Å². The van der Waals surface area contributed by atoms with E-state index < -0.39 is 0 Å². The van der Waals surface area contributed by atoms with Crippen LogP contribution in [0.3, 0.4) is 0 Å². The molecule has 2 nitrogen and oxygen atoms in total. The van der Waals surface area contributed by atoms with E-state index in [2.05, 4.69) is 52.2 Å². The van der Waals surface area contributed by atoms with Crippen LogP contribution in [0, 0.1) is 11.6 Å². The second-order valence-electron chi connectivity index (χ2n) is 10.3. The summed E-state index contributed by atoms with van der Waals surface area (Å²) in [6.45, 7) is 12.7. The van der Waals surface area contributed by atoms with E-state index in [4.69, 9.17) is 4.98 Å². The minimum Gasteiger partial charge on any atom is -0.234 e. The van der Waals surface area contributed by atoms with Crippen molar-refractivity contribution in [1.29, 1.82) is 0 Å². The van der Waals surface area contributed by atoms with Gasteiger partial charge in [-0.25, -0.2) is 13.8 Å². The fourth-order valence-corrected chi connectivity index (χ4v) is 4.24. The van der Waals surface area contributed by atoms with Crippen LogP contribution in [0.25, 0.3) is 33.5 Å². The van der Waals surface area contributed by atoms with Crippen LogP contribution in [-0.4, -0.2) is 4.98 Å². The molecule has 0 amide bonds. The minimum absolute atomic E-state index is 0.266. The van der Waals surface area contributed by atoms with Gasteiger partial charge >= 0.3 is 0 Å². The number of nitrogens with zero attached hydrogens (tertiary/aromatic N) is 2. The molecule has 0 bridgehead atoms.